The van der Waals surface area contributed by atoms with Crippen LogP contribution < -0.4 is 8.37 Å². The van der Waals surface area contributed by atoms with Gasteiger partial charge in [-0.1, -0.05) is 35.4 Å². The molecule has 4 rings (SSSR count). The minimum Gasteiger partial charge on any atom is -0.379 e. The second-order valence-electron chi connectivity index (χ2n) is 8.15. The van der Waals surface area contributed by atoms with E-state index in [0.717, 1.165) is 11.1 Å². The van der Waals surface area contributed by atoms with Gasteiger partial charge >= 0.3 is 20.2 Å². The second kappa shape index (κ2) is 10.0. The van der Waals surface area contributed by atoms with Crippen molar-refractivity contribution >= 4 is 30.1 Å². The quantitative estimate of drug-likeness (QED) is 0.286. The SMILES string of the molecule is Cc1ccc(S(=O)(=O)Oc2ccc(S(=O)(=O)c3ccc(OS(=O)(=O)c4ccc(C)cc4)cc3)cc2)cc1. The van der Waals surface area contributed by atoms with Crippen LogP contribution in [0.5, 0.6) is 11.5 Å². The molecule has 0 heterocycles. The first-order chi connectivity index (χ1) is 17.4. The molecule has 192 valence electrons. The summed E-state index contributed by atoms with van der Waals surface area (Å²) < 4.78 is 86.1. The molecule has 0 saturated carbocycles. The highest BCUT2D eigenvalue weighted by Crippen LogP contribution is 2.27. The average Bonchev–Trinajstić information content (AvgIpc) is 2.85. The van der Waals surface area contributed by atoms with Crippen LogP contribution in [0.25, 0.3) is 0 Å². The molecule has 37 heavy (non-hydrogen) atoms. The fourth-order valence-corrected chi connectivity index (χ4v) is 6.37. The molecule has 8 nitrogen and oxygen atoms in total. The van der Waals surface area contributed by atoms with Crippen LogP contribution in [0.4, 0.5) is 0 Å². The fraction of sp³-hybridized carbons (Fsp3) is 0.0769. The summed E-state index contributed by atoms with van der Waals surface area (Å²) >= 11 is 0. The Morgan fingerprint density at radius 3 is 0.973 bits per heavy atom. The minimum atomic E-state index is -4.09. The van der Waals surface area contributed by atoms with E-state index in [1.54, 1.807) is 24.3 Å². The van der Waals surface area contributed by atoms with Crippen LogP contribution in [-0.2, 0) is 30.1 Å². The predicted molar refractivity (Wildman–Crippen MR) is 136 cm³/mol. The Balaban J connectivity index is 1.49. The van der Waals surface area contributed by atoms with Crippen LogP contribution >= 0.6 is 0 Å². The molecule has 0 aliphatic heterocycles. The van der Waals surface area contributed by atoms with Crippen LogP contribution in [0.15, 0.2) is 117 Å². The van der Waals surface area contributed by atoms with E-state index in [1.807, 2.05) is 13.8 Å². The summed E-state index contributed by atoms with van der Waals surface area (Å²) in [5.41, 5.74) is 1.78. The van der Waals surface area contributed by atoms with Gasteiger partial charge in [0.15, 0.2) is 0 Å². The lowest BCUT2D eigenvalue weighted by Crippen LogP contribution is -2.10. The number of benzene rings is 4. The van der Waals surface area contributed by atoms with Crippen molar-refractivity contribution in [1.82, 2.24) is 0 Å². The first-order valence-corrected chi connectivity index (χ1v) is 15.1. The summed E-state index contributed by atoms with van der Waals surface area (Å²) in [5, 5.41) is 0. The van der Waals surface area contributed by atoms with Gasteiger partial charge in [0.1, 0.15) is 21.3 Å². The number of hydrogen-bond donors (Lipinski definition) is 0. The third-order valence-electron chi connectivity index (χ3n) is 5.30. The summed E-state index contributed by atoms with van der Waals surface area (Å²) in [6, 6.07) is 22.1. The molecule has 0 unspecified atom stereocenters. The smallest absolute Gasteiger partial charge is 0.339 e. The van der Waals surface area contributed by atoms with Gasteiger partial charge in [0.25, 0.3) is 0 Å². The summed E-state index contributed by atoms with van der Waals surface area (Å²) in [7, 11) is -12.2. The highest BCUT2D eigenvalue weighted by atomic mass is 32.2. The largest absolute Gasteiger partial charge is 0.379 e. The molecule has 0 aliphatic carbocycles. The Morgan fingerprint density at radius 1 is 0.405 bits per heavy atom. The monoisotopic (exact) mass is 558 g/mol. The van der Waals surface area contributed by atoms with Gasteiger partial charge in [0.2, 0.25) is 9.84 Å². The first kappa shape index (κ1) is 26.4. The van der Waals surface area contributed by atoms with E-state index in [9.17, 15) is 25.3 Å². The third kappa shape index (κ3) is 6.01. The van der Waals surface area contributed by atoms with Gasteiger partial charge in [0, 0.05) is 0 Å². The van der Waals surface area contributed by atoms with E-state index in [0.29, 0.717) is 0 Å². The lowest BCUT2D eigenvalue weighted by atomic mass is 10.2. The maximum atomic E-state index is 13.0. The summed E-state index contributed by atoms with van der Waals surface area (Å²) in [4.78, 5) is -0.259. The topological polar surface area (TPSA) is 121 Å². The van der Waals surface area contributed by atoms with Crippen molar-refractivity contribution < 1.29 is 33.6 Å². The van der Waals surface area contributed by atoms with Gasteiger partial charge in [-0.2, -0.15) is 16.8 Å². The van der Waals surface area contributed by atoms with E-state index in [1.165, 1.54) is 72.8 Å². The number of aryl methyl sites for hydroxylation is 2. The molecule has 0 amide bonds. The van der Waals surface area contributed by atoms with Gasteiger partial charge in [-0.25, -0.2) is 8.42 Å². The van der Waals surface area contributed by atoms with Gasteiger partial charge in [-0.15, -0.1) is 0 Å². The molecule has 4 aromatic carbocycles. The lowest BCUT2D eigenvalue weighted by molar-refractivity contribution is 0.484. The van der Waals surface area contributed by atoms with Gasteiger partial charge in [0.05, 0.1) is 9.79 Å². The minimum absolute atomic E-state index is 0.0264. The molecule has 0 aromatic heterocycles. The zero-order valence-electron chi connectivity index (χ0n) is 19.7. The molecule has 11 heteroatoms. The predicted octanol–water partition coefficient (Wildman–Crippen LogP) is 4.67. The van der Waals surface area contributed by atoms with Crippen LogP contribution in [0.1, 0.15) is 11.1 Å². The molecule has 4 aromatic rings. The molecule has 0 aliphatic rings. The van der Waals surface area contributed by atoms with Crippen molar-refractivity contribution in [3.05, 3.63) is 108 Å². The molecule has 0 bridgehead atoms. The summed E-state index contributed by atoms with van der Waals surface area (Å²) in [5.74, 6) is -0.103. The normalized spacial score (nSPS) is 12.2. The van der Waals surface area contributed by atoms with Crippen molar-refractivity contribution in [2.24, 2.45) is 0 Å². The van der Waals surface area contributed by atoms with E-state index in [4.69, 9.17) is 8.37 Å². The second-order valence-corrected chi connectivity index (χ2v) is 13.2. The van der Waals surface area contributed by atoms with Crippen molar-refractivity contribution in [2.45, 2.75) is 33.4 Å². The van der Waals surface area contributed by atoms with E-state index >= 15 is 0 Å². The van der Waals surface area contributed by atoms with E-state index in [-0.39, 0.29) is 31.1 Å². The fourth-order valence-electron chi connectivity index (χ4n) is 3.24. The summed E-state index contributed by atoms with van der Waals surface area (Å²) in [6.45, 7) is 3.65. The molecular formula is C26H22O8S3. The van der Waals surface area contributed by atoms with Gasteiger partial charge in [-0.05, 0) is 86.6 Å². The number of hydrogen-bond acceptors (Lipinski definition) is 8. The van der Waals surface area contributed by atoms with Crippen molar-refractivity contribution in [3.8, 4) is 11.5 Å². The Morgan fingerprint density at radius 2 is 0.676 bits per heavy atom. The van der Waals surface area contributed by atoms with Crippen molar-refractivity contribution in [2.75, 3.05) is 0 Å². The van der Waals surface area contributed by atoms with Crippen LogP contribution in [0.3, 0.4) is 0 Å². The third-order valence-corrected chi connectivity index (χ3v) is 9.61. The van der Waals surface area contributed by atoms with Crippen LogP contribution in [0, 0.1) is 13.8 Å². The number of rotatable bonds is 8. The molecule has 0 saturated heterocycles. The molecule has 0 fully saturated rings. The van der Waals surface area contributed by atoms with E-state index in [2.05, 4.69) is 0 Å². The zero-order valence-corrected chi connectivity index (χ0v) is 22.2. The highest BCUT2D eigenvalue weighted by molar-refractivity contribution is 7.91. The Kier molecular flexibility index (Phi) is 7.13. The molecule has 0 N–H and O–H groups in total. The Bertz CT molecular complexity index is 1600. The zero-order chi connectivity index (χ0) is 26.8. The molecule has 0 spiro atoms. The first-order valence-electron chi connectivity index (χ1n) is 10.8. The van der Waals surface area contributed by atoms with Gasteiger partial charge in [-0.3, -0.25) is 0 Å². The maximum Gasteiger partial charge on any atom is 0.339 e. The molecule has 0 radical (unpaired) electrons. The Hall–Kier alpha value is -3.67. The standard InChI is InChI=1S/C26H22O8S3/c1-19-3-11-25(12-4-19)36(29,30)33-21-7-15-23(16-8-21)35(27,28)24-17-9-22(10-18-24)34-37(31,32)26-13-5-20(2)6-14-26/h3-18H,1-2H3. The molecular weight excluding hydrogens is 536 g/mol. The highest BCUT2D eigenvalue weighted by Gasteiger charge is 2.21. The van der Waals surface area contributed by atoms with E-state index < -0.39 is 30.1 Å². The number of sulfone groups is 1. The van der Waals surface area contributed by atoms with Crippen LogP contribution in [0.2, 0.25) is 0 Å². The maximum absolute atomic E-state index is 13.0. The Labute approximate surface area is 216 Å². The average molecular weight is 559 g/mol. The molecule has 0 atom stereocenters. The van der Waals surface area contributed by atoms with Crippen molar-refractivity contribution in [3.63, 3.8) is 0 Å². The van der Waals surface area contributed by atoms with Crippen LogP contribution in [-0.4, -0.2) is 25.3 Å². The summed E-state index contributed by atoms with van der Waals surface area (Å²) in [6.07, 6.45) is 0. The van der Waals surface area contributed by atoms with Gasteiger partial charge < -0.3 is 8.37 Å². The van der Waals surface area contributed by atoms with Crippen molar-refractivity contribution in [1.29, 1.82) is 0 Å². The lowest BCUT2D eigenvalue weighted by Gasteiger charge is -2.10.